The van der Waals surface area contributed by atoms with E-state index in [-0.39, 0.29) is 4.90 Å². The molecule has 2 aromatic rings. The minimum absolute atomic E-state index is 0.140. The van der Waals surface area contributed by atoms with Gasteiger partial charge >= 0.3 is 12.0 Å². The fourth-order valence-corrected chi connectivity index (χ4v) is 4.59. The van der Waals surface area contributed by atoms with Crippen molar-refractivity contribution in [2.75, 3.05) is 10.8 Å². The molecule has 3 N–H and O–H groups in total. The van der Waals surface area contributed by atoms with E-state index in [4.69, 9.17) is 10.5 Å². The molecule has 1 aliphatic heterocycles. The van der Waals surface area contributed by atoms with Crippen molar-refractivity contribution in [3.63, 3.8) is 0 Å². The van der Waals surface area contributed by atoms with Crippen molar-refractivity contribution in [2.45, 2.75) is 24.3 Å². The van der Waals surface area contributed by atoms with Gasteiger partial charge in [0.1, 0.15) is 0 Å². The van der Waals surface area contributed by atoms with Gasteiger partial charge in [-0.15, -0.1) is 0 Å². The number of para-hydroxylation sites is 1. The predicted octanol–water partition coefficient (Wildman–Crippen LogP) is 1.58. The molecule has 3 rings (SSSR count). The molecule has 0 radical (unpaired) electrons. The van der Waals surface area contributed by atoms with Crippen LogP contribution < -0.4 is 15.4 Å². The third-order valence-corrected chi connectivity index (χ3v) is 6.46. The summed E-state index contributed by atoms with van der Waals surface area (Å²) in [4.78, 5) is 34.1. The second kappa shape index (κ2) is 9.00. The third kappa shape index (κ3) is 5.10. The van der Waals surface area contributed by atoms with Crippen LogP contribution in [0.4, 0.5) is 10.5 Å². The van der Waals surface area contributed by atoms with Crippen molar-refractivity contribution in [3.8, 4) is 0 Å². The standard InChI is InChI=1S/C21H21N3O6S/c1-14(20(26)23-21(22)27)30-19(25)11-8-15-6-9-17(10-7-15)31(28,29)24-13-12-16-4-2-3-5-18(16)24/h2-11,14H,12-13H2,1H3,(H3,22,23,26,27)/b11-8+. The summed E-state index contributed by atoms with van der Waals surface area (Å²) < 4.78 is 32.3. The van der Waals surface area contributed by atoms with E-state index in [1.165, 1.54) is 29.4 Å². The molecule has 1 aliphatic rings. The predicted molar refractivity (Wildman–Crippen MR) is 113 cm³/mol. The van der Waals surface area contributed by atoms with Crippen LogP contribution in [-0.4, -0.2) is 39.0 Å². The van der Waals surface area contributed by atoms with E-state index >= 15 is 0 Å². The van der Waals surface area contributed by atoms with Crippen molar-refractivity contribution in [1.29, 1.82) is 0 Å². The minimum Gasteiger partial charge on any atom is -0.449 e. The summed E-state index contributed by atoms with van der Waals surface area (Å²) in [7, 11) is -3.70. The smallest absolute Gasteiger partial charge is 0.331 e. The summed E-state index contributed by atoms with van der Waals surface area (Å²) in [6, 6.07) is 12.4. The van der Waals surface area contributed by atoms with Gasteiger partial charge in [0, 0.05) is 12.6 Å². The Hall–Kier alpha value is -3.66. The number of hydrogen-bond donors (Lipinski definition) is 2. The molecule has 31 heavy (non-hydrogen) atoms. The first-order valence-electron chi connectivity index (χ1n) is 9.38. The van der Waals surface area contributed by atoms with Crippen molar-refractivity contribution < 1.29 is 27.5 Å². The Kier molecular flexibility index (Phi) is 6.40. The normalized spacial score (nSPS) is 14.2. The zero-order valence-electron chi connectivity index (χ0n) is 16.6. The van der Waals surface area contributed by atoms with Crippen LogP contribution in [0.3, 0.4) is 0 Å². The second-order valence-electron chi connectivity index (χ2n) is 6.79. The largest absolute Gasteiger partial charge is 0.449 e. The average molecular weight is 443 g/mol. The molecule has 9 nitrogen and oxygen atoms in total. The number of esters is 1. The Morgan fingerprint density at radius 1 is 1.13 bits per heavy atom. The molecule has 0 aliphatic carbocycles. The molecule has 1 unspecified atom stereocenters. The molecule has 2 aromatic carbocycles. The highest BCUT2D eigenvalue weighted by Crippen LogP contribution is 2.32. The number of nitrogens with zero attached hydrogens (tertiary/aromatic N) is 1. The monoisotopic (exact) mass is 443 g/mol. The van der Waals surface area contributed by atoms with Gasteiger partial charge in [0.2, 0.25) is 0 Å². The number of anilines is 1. The Balaban J connectivity index is 1.66. The van der Waals surface area contributed by atoms with Crippen LogP contribution in [0.2, 0.25) is 0 Å². The van der Waals surface area contributed by atoms with Crippen LogP contribution >= 0.6 is 0 Å². The molecule has 0 saturated heterocycles. The summed E-state index contributed by atoms with van der Waals surface area (Å²) in [5, 5.41) is 1.81. The van der Waals surface area contributed by atoms with Crippen LogP contribution in [0.25, 0.3) is 6.08 Å². The molecule has 0 fully saturated rings. The number of nitrogens with two attached hydrogens (primary N) is 1. The fraction of sp³-hybridized carbons (Fsp3) is 0.190. The second-order valence-corrected chi connectivity index (χ2v) is 8.65. The van der Waals surface area contributed by atoms with Crippen molar-refractivity contribution in [3.05, 3.63) is 65.7 Å². The lowest BCUT2D eigenvalue weighted by Crippen LogP contribution is -2.42. The molecule has 0 saturated carbocycles. The molecular weight excluding hydrogens is 422 g/mol. The number of ether oxygens (including phenoxy) is 1. The molecule has 10 heteroatoms. The number of benzene rings is 2. The Morgan fingerprint density at radius 3 is 2.48 bits per heavy atom. The topological polar surface area (TPSA) is 136 Å². The summed E-state index contributed by atoms with van der Waals surface area (Å²) in [6.45, 7) is 1.68. The maximum absolute atomic E-state index is 13.0. The Labute approximate surface area is 179 Å². The van der Waals surface area contributed by atoms with E-state index in [2.05, 4.69) is 0 Å². The molecule has 0 spiro atoms. The highest BCUT2D eigenvalue weighted by atomic mass is 32.2. The number of carbonyl (C=O) groups excluding carboxylic acids is 3. The molecule has 0 aromatic heterocycles. The first kappa shape index (κ1) is 22.0. The first-order chi connectivity index (χ1) is 14.7. The molecule has 0 bridgehead atoms. The molecule has 1 heterocycles. The Morgan fingerprint density at radius 2 is 1.81 bits per heavy atom. The summed E-state index contributed by atoms with van der Waals surface area (Å²) in [6.07, 6.45) is 1.96. The van der Waals surface area contributed by atoms with Gasteiger partial charge in [-0.2, -0.15) is 0 Å². The van der Waals surface area contributed by atoms with E-state index < -0.39 is 34.0 Å². The number of sulfonamides is 1. The highest BCUT2D eigenvalue weighted by Gasteiger charge is 2.30. The Bertz CT molecular complexity index is 1140. The number of hydrogen-bond acceptors (Lipinski definition) is 6. The lowest BCUT2D eigenvalue weighted by molar-refractivity contribution is -0.149. The maximum Gasteiger partial charge on any atom is 0.331 e. The van der Waals surface area contributed by atoms with Gasteiger partial charge in [-0.3, -0.25) is 14.4 Å². The van der Waals surface area contributed by atoms with Gasteiger partial charge in [-0.05, 0) is 48.7 Å². The van der Waals surface area contributed by atoms with Crippen LogP contribution in [-0.2, 0) is 30.8 Å². The van der Waals surface area contributed by atoms with E-state index in [1.54, 1.807) is 24.3 Å². The number of primary amides is 1. The molecule has 162 valence electrons. The lowest BCUT2D eigenvalue weighted by atomic mass is 10.2. The summed E-state index contributed by atoms with van der Waals surface area (Å²) in [5.74, 6) is -1.65. The molecule has 3 amide bonds. The first-order valence-corrected chi connectivity index (χ1v) is 10.8. The van der Waals surface area contributed by atoms with E-state index in [1.807, 2.05) is 17.4 Å². The average Bonchev–Trinajstić information content (AvgIpc) is 3.17. The number of imide groups is 1. The molecule has 1 atom stereocenters. The van der Waals surface area contributed by atoms with E-state index in [0.717, 1.165) is 11.6 Å². The summed E-state index contributed by atoms with van der Waals surface area (Å²) >= 11 is 0. The zero-order chi connectivity index (χ0) is 22.6. The molecular formula is C21H21N3O6S. The van der Waals surface area contributed by atoms with Crippen LogP contribution in [0.15, 0.2) is 59.5 Å². The number of urea groups is 1. The van der Waals surface area contributed by atoms with Crippen molar-refractivity contribution >= 4 is 39.7 Å². The van der Waals surface area contributed by atoms with Gasteiger partial charge in [-0.25, -0.2) is 18.0 Å². The van der Waals surface area contributed by atoms with Gasteiger partial charge in [0.05, 0.1) is 10.6 Å². The van der Waals surface area contributed by atoms with Gasteiger partial charge in [0.25, 0.3) is 15.9 Å². The minimum atomic E-state index is -3.70. The van der Waals surface area contributed by atoms with Crippen LogP contribution in [0.1, 0.15) is 18.1 Å². The quantitative estimate of drug-likeness (QED) is 0.514. The zero-order valence-corrected chi connectivity index (χ0v) is 17.5. The number of amides is 3. The fourth-order valence-electron chi connectivity index (χ4n) is 3.09. The number of rotatable bonds is 6. The van der Waals surface area contributed by atoms with Gasteiger partial charge < -0.3 is 10.5 Å². The number of fused-ring (bicyclic) bond motifs is 1. The SMILES string of the molecule is CC(OC(=O)/C=C/c1ccc(S(=O)(=O)N2CCc3ccccc32)cc1)C(=O)NC(N)=O. The van der Waals surface area contributed by atoms with E-state index in [0.29, 0.717) is 24.2 Å². The van der Waals surface area contributed by atoms with Gasteiger partial charge in [-0.1, -0.05) is 30.3 Å². The third-order valence-electron chi connectivity index (χ3n) is 4.63. The highest BCUT2D eigenvalue weighted by molar-refractivity contribution is 7.92. The van der Waals surface area contributed by atoms with Crippen LogP contribution in [0.5, 0.6) is 0 Å². The summed E-state index contributed by atoms with van der Waals surface area (Å²) in [5.41, 5.74) is 7.07. The number of nitrogens with one attached hydrogen (secondary N) is 1. The van der Waals surface area contributed by atoms with E-state index in [9.17, 15) is 22.8 Å². The van der Waals surface area contributed by atoms with Crippen molar-refractivity contribution in [2.24, 2.45) is 5.73 Å². The maximum atomic E-state index is 13.0. The lowest BCUT2D eigenvalue weighted by Gasteiger charge is -2.19. The van der Waals surface area contributed by atoms with Gasteiger partial charge in [0.15, 0.2) is 6.10 Å². The van der Waals surface area contributed by atoms with Crippen LogP contribution in [0, 0.1) is 0 Å². The van der Waals surface area contributed by atoms with Crippen molar-refractivity contribution in [1.82, 2.24) is 5.32 Å². The number of carbonyl (C=O) groups is 3.